The first-order valence-corrected chi connectivity index (χ1v) is 11.6. The van der Waals surface area contributed by atoms with Crippen LogP contribution in [0.15, 0.2) is 48.5 Å². The van der Waals surface area contributed by atoms with Crippen molar-refractivity contribution in [2.24, 2.45) is 0 Å². The molecule has 2 aromatic rings. The van der Waals surface area contributed by atoms with E-state index in [9.17, 15) is 5.11 Å². The molecule has 2 aliphatic rings. The van der Waals surface area contributed by atoms with Gasteiger partial charge in [0, 0.05) is 38.6 Å². The van der Waals surface area contributed by atoms with Gasteiger partial charge in [0.1, 0.15) is 6.61 Å². The minimum atomic E-state index is -0.763. The summed E-state index contributed by atoms with van der Waals surface area (Å²) in [5.41, 5.74) is 1.13. The lowest BCUT2D eigenvalue weighted by molar-refractivity contribution is -0.0337. The Balaban J connectivity index is 1.51. The van der Waals surface area contributed by atoms with Crippen LogP contribution in [-0.4, -0.2) is 60.3 Å². The van der Waals surface area contributed by atoms with E-state index in [4.69, 9.17) is 4.74 Å². The predicted molar refractivity (Wildman–Crippen MR) is 122 cm³/mol. The van der Waals surface area contributed by atoms with Crippen LogP contribution in [-0.2, 0) is 6.61 Å². The van der Waals surface area contributed by atoms with Crippen LogP contribution in [0.1, 0.15) is 49.1 Å². The van der Waals surface area contributed by atoms with E-state index in [2.05, 4.69) is 16.8 Å². The summed E-state index contributed by atoms with van der Waals surface area (Å²) in [5.74, 6) is -0.174. The Morgan fingerprint density at radius 2 is 1.71 bits per heavy atom. The van der Waals surface area contributed by atoms with E-state index in [1.807, 2.05) is 36.4 Å². The normalized spacial score (nSPS) is 21.0. The summed E-state index contributed by atoms with van der Waals surface area (Å²) in [6, 6.07) is 15.1. The van der Waals surface area contributed by atoms with Crippen LogP contribution < -0.4 is 4.74 Å². The molecule has 0 aromatic heterocycles. The van der Waals surface area contributed by atoms with Gasteiger partial charge in [0.25, 0.3) is 0 Å². The van der Waals surface area contributed by atoms with Gasteiger partial charge < -0.3 is 19.6 Å². The SMILES string of the molecule is CN1CCN(CC(c2ccc(OCc3ccccc3)c(F)c2)C2(O)CCCCC2)CC1. The molecule has 1 N–H and O–H groups in total. The molecule has 31 heavy (non-hydrogen) atoms. The van der Waals surface area contributed by atoms with Crippen LogP contribution >= 0.6 is 0 Å². The Hall–Kier alpha value is -1.95. The standard InChI is InChI=1S/C26H35FN2O2/c1-28-14-16-29(17-15-28)19-23(26(30)12-6-3-7-13-26)22-10-11-25(24(27)18-22)31-20-21-8-4-2-5-9-21/h2,4-5,8-11,18,23,30H,3,6-7,12-17,19-20H2,1H3. The first kappa shape index (κ1) is 22.3. The van der Waals surface area contributed by atoms with Crippen LogP contribution in [0.5, 0.6) is 5.75 Å². The Labute approximate surface area is 185 Å². The maximum atomic E-state index is 15.0. The highest BCUT2D eigenvalue weighted by atomic mass is 19.1. The molecular formula is C26H35FN2O2. The minimum absolute atomic E-state index is 0.0890. The fraction of sp³-hybridized carbons (Fsp3) is 0.538. The van der Waals surface area contributed by atoms with Gasteiger partial charge in [0.15, 0.2) is 11.6 Å². The number of benzene rings is 2. The fourth-order valence-electron chi connectivity index (χ4n) is 4.97. The van der Waals surface area contributed by atoms with Crippen molar-refractivity contribution in [3.63, 3.8) is 0 Å². The quantitative estimate of drug-likeness (QED) is 0.711. The van der Waals surface area contributed by atoms with Crippen molar-refractivity contribution in [3.8, 4) is 5.75 Å². The van der Waals surface area contributed by atoms with Crippen molar-refractivity contribution in [3.05, 3.63) is 65.5 Å². The van der Waals surface area contributed by atoms with Gasteiger partial charge in [-0.15, -0.1) is 0 Å². The number of aliphatic hydroxyl groups is 1. The summed E-state index contributed by atoms with van der Waals surface area (Å²) in [6.07, 6.45) is 4.83. The number of nitrogens with zero attached hydrogens (tertiary/aromatic N) is 2. The van der Waals surface area contributed by atoms with Gasteiger partial charge in [-0.3, -0.25) is 0 Å². The maximum absolute atomic E-state index is 15.0. The van der Waals surface area contributed by atoms with Crippen molar-refractivity contribution in [1.82, 2.24) is 9.80 Å². The molecule has 1 saturated heterocycles. The number of hydrogen-bond acceptors (Lipinski definition) is 4. The highest BCUT2D eigenvalue weighted by Crippen LogP contribution is 2.41. The fourth-order valence-corrected chi connectivity index (χ4v) is 4.97. The number of rotatable bonds is 7. The Kier molecular flexibility index (Phi) is 7.26. The van der Waals surface area contributed by atoms with Crippen molar-refractivity contribution >= 4 is 0 Å². The molecule has 2 fully saturated rings. The van der Waals surface area contributed by atoms with Crippen molar-refractivity contribution in [2.45, 2.75) is 50.2 Å². The average Bonchev–Trinajstić information content (AvgIpc) is 2.79. The third kappa shape index (κ3) is 5.65. The summed E-state index contributed by atoms with van der Waals surface area (Å²) in [7, 11) is 2.15. The predicted octanol–water partition coefficient (Wildman–Crippen LogP) is 4.43. The Bertz CT molecular complexity index is 831. The Morgan fingerprint density at radius 1 is 1.00 bits per heavy atom. The number of ether oxygens (including phenoxy) is 1. The molecule has 0 spiro atoms. The molecule has 0 radical (unpaired) electrons. The molecular weight excluding hydrogens is 391 g/mol. The van der Waals surface area contributed by atoms with E-state index in [-0.39, 0.29) is 17.5 Å². The van der Waals surface area contributed by atoms with Crippen LogP contribution in [0.3, 0.4) is 0 Å². The monoisotopic (exact) mass is 426 g/mol. The third-order valence-corrected chi connectivity index (χ3v) is 7.00. The van der Waals surface area contributed by atoms with Crippen molar-refractivity contribution in [2.75, 3.05) is 39.8 Å². The second-order valence-electron chi connectivity index (χ2n) is 9.28. The smallest absolute Gasteiger partial charge is 0.165 e. The van der Waals surface area contributed by atoms with E-state index in [1.165, 1.54) is 6.42 Å². The molecule has 1 aliphatic carbocycles. The molecule has 1 aliphatic heterocycles. The topological polar surface area (TPSA) is 35.9 Å². The lowest BCUT2D eigenvalue weighted by atomic mass is 9.72. The summed E-state index contributed by atoms with van der Waals surface area (Å²) in [4.78, 5) is 4.76. The van der Waals surface area contributed by atoms with Crippen LogP contribution in [0.4, 0.5) is 4.39 Å². The van der Waals surface area contributed by atoms with Crippen molar-refractivity contribution in [1.29, 1.82) is 0 Å². The summed E-state index contributed by atoms with van der Waals surface area (Å²) < 4.78 is 20.7. The molecule has 1 unspecified atom stereocenters. The van der Waals surface area contributed by atoms with Gasteiger partial charge in [0.2, 0.25) is 0 Å². The molecule has 4 rings (SSSR count). The molecule has 1 saturated carbocycles. The lowest BCUT2D eigenvalue weighted by Gasteiger charge is -2.43. The molecule has 168 valence electrons. The second kappa shape index (κ2) is 10.1. The summed E-state index contributed by atoms with van der Waals surface area (Å²) in [6.45, 7) is 5.16. The van der Waals surface area contributed by atoms with Crippen LogP contribution in [0.25, 0.3) is 0 Å². The zero-order chi connectivity index (χ0) is 21.7. The number of hydrogen-bond donors (Lipinski definition) is 1. The maximum Gasteiger partial charge on any atom is 0.165 e. The van der Waals surface area contributed by atoms with Gasteiger partial charge in [-0.2, -0.15) is 0 Å². The number of likely N-dealkylation sites (N-methyl/N-ethyl adjacent to an activating group) is 1. The number of halogens is 1. The molecule has 1 heterocycles. The first-order valence-electron chi connectivity index (χ1n) is 11.6. The molecule has 0 bridgehead atoms. The van der Waals surface area contributed by atoms with Gasteiger partial charge >= 0.3 is 0 Å². The lowest BCUT2D eigenvalue weighted by Crippen LogP contribution is -2.50. The van der Waals surface area contributed by atoms with E-state index in [0.717, 1.165) is 69.5 Å². The molecule has 4 nitrogen and oxygen atoms in total. The van der Waals surface area contributed by atoms with E-state index < -0.39 is 5.60 Å². The second-order valence-corrected chi connectivity index (χ2v) is 9.28. The van der Waals surface area contributed by atoms with E-state index in [1.54, 1.807) is 12.1 Å². The van der Waals surface area contributed by atoms with Gasteiger partial charge in [-0.05, 0) is 43.1 Å². The zero-order valence-corrected chi connectivity index (χ0v) is 18.6. The largest absolute Gasteiger partial charge is 0.486 e. The van der Waals surface area contributed by atoms with Gasteiger partial charge in [0.05, 0.1) is 5.60 Å². The van der Waals surface area contributed by atoms with E-state index >= 15 is 4.39 Å². The zero-order valence-electron chi connectivity index (χ0n) is 18.6. The summed E-state index contributed by atoms with van der Waals surface area (Å²) >= 11 is 0. The van der Waals surface area contributed by atoms with Crippen molar-refractivity contribution < 1.29 is 14.2 Å². The highest BCUT2D eigenvalue weighted by molar-refractivity contribution is 5.33. The number of piperazine rings is 1. The van der Waals surface area contributed by atoms with Crippen LogP contribution in [0.2, 0.25) is 0 Å². The van der Waals surface area contributed by atoms with E-state index in [0.29, 0.717) is 6.61 Å². The minimum Gasteiger partial charge on any atom is -0.486 e. The summed E-state index contributed by atoms with van der Waals surface area (Å²) in [5, 5.41) is 11.6. The Morgan fingerprint density at radius 3 is 2.39 bits per heavy atom. The van der Waals surface area contributed by atoms with Gasteiger partial charge in [-0.25, -0.2) is 4.39 Å². The first-order chi connectivity index (χ1) is 15.0. The van der Waals surface area contributed by atoms with Crippen LogP contribution in [0, 0.1) is 5.82 Å². The molecule has 2 aromatic carbocycles. The van der Waals surface area contributed by atoms with Gasteiger partial charge in [-0.1, -0.05) is 55.7 Å². The molecule has 0 amide bonds. The highest BCUT2D eigenvalue weighted by Gasteiger charge is 2.40. The molecule has 1 atom stereocenters. The third-order valence-electron chi connectivity index (χ3n) is 7.00. The average molecular weight is 427 g/mol. The molecule has 5 heteroatoms.